The zero-order valence-corrected chi connectivity index (χ0v) is 48.5. The molecule has 16 aromatic rings. The van der Waals surface area contributed by atoms with Gasteiger partial charge in [-0.1, -0.05) is 267 Å². The number of thiophene rings is 2. The number of nitrogens with zero attached hydrogens (tertiary/aromatic N) is 2. The van der Waals surface area contributed by atoms with Gasteiger partial charge in [-0.3, -0.25) is 0 Å². The first-order valence-electron chi connectivity index (χ1n) is 29.3. The van der Waals surface area contributed by atoms with Crippen LogP contribution in [0.2, 0.25) is 0 Å². The third-order valence-corrected chi connectivity index (χ3v) is 19.2. The minimum absolute atomic E-state index is 1.08. The predicted octanol–water partition coefficient (Wildman–Crippen LogP) is 24.5. The van der Waals surface area contributed by atoms with Crippen molar-refractivity contribution >= 4 is 109 Å². The molecule has 0 bridgehead atoms. The maximum atomic E-state index is 2.49. The molecule has 404 valence electrons. The van der Waals surface area contributed by atoms with E-state index in [9.17, 15) is 0 Å². The zero-order chi connectivity index (χ0) is 56.9. The summed E-state index contributed by atoms with van der Waals surface area (Å²) in [5.74, 6) is 0. The third-order valence-electron chi connectivity index (χ3n) is 16.8. The number of fused-ring (bicyclic) bond motifs is 7. The van der Waals surface area contributed by atoms with Gasteiger partial charge in [-0.15, -0.1) is 22.7 Å². The van der Waals surface area contributed by atoms with Gasteiger partial charge in [0.05, 0.1) is 11.4 Å². The SMILES string of the molecule is c1ccc(-c2ccc(N(c3ccc4c(-c5ccccc5)c(-c5ccccc5)sc4c3)c3cc4c5ccccc5c(N(c5ccc(-c6ccccc6)cc5)c5ccc6c(-c7ccccc7)c(-c7ccccc7)sc6c5)cc4c4ccccc34)cc2)cc1. The summed E-state index contributed by atoms with van der Waals surface area (Å²) >= 11 is 3.74. The van der Waals surface area contributed by atoms with Crippen molar-refractivity contribution in [3.8, 4) is 65.4 Å². The molecule has 0 fully saturated rings. The van der Waals surface area contributed by atoms with Gasteiger partial charge in [-0.2, -0.15) is 0 Å². The minimum Gasteiger partial charge on any atom is -0.310 e. The molecule has 0 atom stereocenters. The topological polar surface area (TPSA) is 6.48 Å². The van der Waals surface area contributed by atoms with E-state index in [0.29, 0.717) is 0 Å². The van der Waals surface area contributed by atoms with Crippen LogP contribution in [0.25, 0.3) is 118 Å². The fourth-order valence-corrected chi connectivity index (χ4v) is 15.3. The summed E-state index contributed by atoms with van der Waals surface area (Å²) in [5, 5.41) is 9.55. The Hall–Kier alpha value is -10.6. The van der Waals surface area contributed by atoms with Gasteiger partial charge in [0.1, 0.15) is 0 Å². The van der Waals surface area contributed by atoms with Crippen LogP contribution < -0.4 is 9.80 Å². The fraction of sp³-hybridized carbons (Fsp3) is 0. The second-order valence-corrected chi connectivity index (χ2v) is 24.0. The molecule has 2 aromatic heterocycles. The highest BCUT2D eigenvalue weighted by atomic mass is 32.1. The number of rotatable bonds is 12. The van der Waals surface area contributed by atoms with Crippen LogP contribution >= 0.6 is 22.7 Å². The highest BCUT2D eigenvalue weighted by molar-refractivity contribution is 7.23. The summed E-state index contributed by atoms with van der Waals surface area (Å²) in [5.41, 5.74) is 18.7. The molecule has 16 rings (SSSR count). The van der Waals surface area contributed by atoms with E-state index in [1.54, 1.807) is 0 Å². The largest absolute Gasteiger partial charge is 0.310 e. The number of benzene rings is 14. The predicted molar refractivity (Wildman–Crippen MR) is 372 cm³/mol. The molecule has 0 spiro atoms. The molecular formula is C82H54N2S2. The second kappa shape index (κ2) is 21.9. The van der Waals surface area contributed by atoms with Gasteiger partial charge in [-0.25, -0.2) is 0 Å². The van der Waals surface area contributed by atoms with E-state index in [-0.39, 0.29) is 0 Å². The maximum Gasteiger partial charge on any atom is 0.0546 e. The van der Waals surface area contributed by atoms with Gasteiger partial charge >= 0.3 is 0 Å². The molecule has 0 radical (unpaired) electrons. The Labute approximate surface area is 508 Å². The summed E-state index contributed by atoms with van der Waals surface area (Å²) < 4.78 is 2.47. The van der Waals surface area contributed by atoms with Crippen molar-refractivity contribution < 1.29 is 0 Å². The lowest BCUT2D eigenvalue weighted by atomic mass is 9.93. The standard InChI is InChI=1S/C82H54N2S2/c1-7-23-55(24-8-1)57-39-43-63(44-40-57)83(65-47-49-71-77(51-65)85-81(61-31-15-5-16-32-61)79(71)59-27-11-3-12-28-59)75-53-73-68-36-20-22-38-70(68)76(54-74(73)67-35-19-21-37-69(67)75)84(64-45-41-58(42-46-64)56-25-9-2-10-26-56)66-48-50-72-78(52-66)86-82(62-33-17-6-18-34-62)80(72)60-29-13-4-14-30-60/h1-54H. The van der Waals surface area contributed by atoms with Gasteiger partial charge in [-0.05, 0) is 127 Å². The Bertz CT molecular complexity index is 4790. The lowest BCUT2D eigenvalue weighted by molar-refractivity contribution is 1.30. The Kier molecular flexibility index (Phi) is 13.0. The molecule has 0 saturated carbocycles. The van der Waals surface area contributed by atoms with Crippen LogP contribution in [0.15, 0.2) is 328 Å². The third kappa shape index (κ3) is 9.11. The van der Waals surface area contributed by atoms with Crippen LogP contribution in [0.1, 0.15) is 0 Å². The quantitative estimate of drug-likeness (QED) is 0.113. The molecule has 2 heterocycles. The molecular weight excluding hydrogens is 1080 g/mol. The molecule has 0 aliphatic rings. The summed E-state index contributed by atoms with van der Waals surface area (Å²) in [6, 6.07) is 120. The molecule has 0 aliphatic carbocycles. The van der Waals surface area contributed by atoms with Crippen molar-refractivity contribution in [2.45, 2.75) is 0 Å². The fourth-order valence-electron chi connectivity index (χ4n) is 12.8. The van der Waals surface area contributed by atoms with Crippen molar-refractivity contribution in [3.63, 3.8) is 0 Å². The molecule has 86 heavy (non-hydrogen) atoms. The van der Waals surface area contributed by atoms with E-state index in [4.69, 9.17) is 0 Å². The Morgan fingerprint density at radius 3 is 0.814 bits per heavy atom. The van der Waals surface area contributed by atoms with Crippen molar-refractivity contribution in [3.05, 3.63) is 328 Å². The van der Waals surface area contributed by atoms with Crippen LogP contribution in [0.4, 0.5) is 34.1 Å². The number of hydrogen-bond donors (Lipinski definition) is 0. The van der Waals surface area contributed by atoms with Crippen LogP contribution in [0, 0.1) is 0 Å². The van der Waals surface area contributed by atoms with Crippen molar-refractivity contribution in [1.29, 1.82) is 0 Å². The van der Waals surface area contributed by atoms with Gasteiger partial charge in [0, 0.05) is 74.6 Å². The Morgan fingerprint density at radius 1 is 0.186 bits per heavy atom. The van der Waals surface area contributed by atoms with Crippen molar-refractivity contribution in [1.82, 2.24) is 0 Å². The first-order chi connectivity index (χ1) is 42.7. The summed E-state index contributed by atoms with van der Waals surface area (Å²) in [4.78, 5) is 7.53. The van der Waals surface area contributed by atoms with Gasteiger partial charge in [0.15, 0.2) is 0 Å². The van der Waals surface area contributed by atoms with Crippen molar-refractivity contribution in [2.75, 3.05) is 9.80 Å². The minimum atomic E-state index is 1.08. The van der Waals surface area contributed by atoms with E-state index in [0.717, 1.165) is 44.9 Å². The number of hydrogen-bond acceptors (Lipinski definition) is 4. The monoisotopic (exact) mass is 1130 g/mol. The zero-order valence-electron chi connectivity index (χ0n) is 46.9. The lowest BCUT2D eigenvalue weighted by Gasteiger charge is -2.30. The van der Waals surface area contributed by atoms with Gasteiger partial charge < -0.3 is 9.80 Å². The molecule has 0 saturated heterocycles. The van der Waals surface area contributed by atoms with E-state index >= 15 is 0 Å². The molecule has 14 aromatic carbocycles. The summed E-state index contributed by atoms with van der Waals surface area (Å²) in [6.07, 6.45) is 0. The van der Waals surface area contributed by atoms with E-state index in [1.807, 2.05) is 22.7 Å². The average molecular weight is 1130 g/mol. The van der Waals surface area contributed by atoms with Gasteiger partial charge in [0.25, 0.3) is 0 Å². The highest BCUT2D eigenvalue weighted by Gasteiger charge is 2.25. The smallest absolute Gasteiger partial charge is 0.0546 e. The van der Waals surface area contributed by atoms with Crippen LogP contribution in [-0.2, 0) is 0 Å². The molecule has 0 N–H and O–H groups in total. The van der Waals surface area contributed by atoms with Gasteiger partial charge in [0.2, 0.25) is 0 Å². The molecule has 0 unspecified atom stereocenters. The second-order valence-electron chi connectivity index (χ2n) is 21.9. The van der Waals surface area contributed by atoms with Crippen LogP contribution in [-0.4, -0.2) is 0 Å². The first kappa shape index (κ1) is 51.1. The van der Waals surface area contributed by atoms with Crippen molar-refractivity contribution in [2.24, 2.45) is 0 Å². The first-order valence-corrected chi connectivity index (χ1v) is 30.9. The lowest BCUT2D eigenvalue weighted by Crippen LogP contribution is -2.12. The van der Waals surface area contributed by atoms with E-state index < -0.39 is 0 Å². The molecule has 4 heteroatoms. The average Bonchev–Trinajstić information content (AvgIpc) is 1.84. The van der Waals surface area contributed by atoms with Crippen LogP contribution in [0.5, 0.6) is 0 Å². The summed E-state index contributed by atoms with van der Waals surface area (Å²) in [6.45, 7) is 0. The molecule has 0 amide bonds. The maximum absolute atomic E-state index is 2.49. The van der Waals surface area contributed by atoms with E-state index in [2.05, 4.69) is 337 Å². The molecule has 0 aliphatic heterocycles. The van der Waals surface area contributed by atoms with E-state index in [1.165, 1.54) is 107 Å². The normalized spacial score (nSPS) is 11.5. The molecule has 2 nitrogen and oxygen atoms in total. The highest BCUT2D eigenvalue weighted by Crippen LogP contribution is 2.52. The summed E-state index contributed by atoms with van der Waals surface area (Å²) in [7, 11) is 0. The Morgan fingerprint density at radius 2 is 0.465 bits per heavy atom. The van der Waals surface area contributed by atoms with Crippen LogP contribution in [0.3, 0.4) is 0 Å². The number of anilines is 6. The Balaban J connectivity index is 0.921.